The maximum absolute atomic E-state index is 13.9. The van der Waals surface area contributed by atoms with Crippen molar-refractivity contribution in [3.05, 3.63) is 64.1 Å². The SMILES string of the molecule is Fc1cccc2c1nc(CCCl)n2Cc1ccc(Br)cc1. The summed E-state index contributed by atoms with van der Waals surface area (Å²) < 4.78 is 17.0. The smallest absolute Gasteiger partial charge is 0.151 e. The van der Waals surface area contributed by atoms with Crippen LogP contribution < -0.4 is 0 Å². The number of nitrogens with zero attached hydrogens (tertiary/aromatic N) is 2. The van der Waals surface area contributed by atoms with Gasteiger partial charge in [-0.25, -0.2) is 9.37 Å². The van der Waals surface area contributed by atoms with Crippen LogP contribution in [0, 0.1) is 5.82 Å². The summed E-state index contributed by atoms with van der Waals surface area (Å²) in [5.41, 5.74) is 2.35. The highest BCUT2D eigenvalue weighted by molar-refractivity contribution is 9.10. The number of benzene rings is 2. The lowest BCUT2D eigenvalue weighted by atomic mass is 10.2. The summed E-state index contributed by atoms with van der Waals surface area (Å²) in [6, 6.07) is 13.1. The number of halogens is 3. The van der Waals surface area contributed by atoms with Crippen molar-refractivity contribution < 1.29 is 4.39 Å². The summed E-state index contributed by atoms with van der Waals surface area (Å²) in [6.45, 7) is 0.652. The van der Waals surface area contributed by atoms with Crippen molar-refractivity contribution in [2.24, 2.45) is 0 Å². The molecule has 3 aromatic rings. The molecule has 5 heteroatoms. The Balaban J connectivity index is 2.08. The molecule has 0 saturated carbocycles. The van der Waals surface area contributed by atoms with Crippen LogP contribution in [0.25, 0.3) is 11.0 Å². The summed E-state index contributed by atoms with van der Waals surface area (Å²) in [5, 5.41) is 0. The summed E-state index contributed by atoms with van der Waals surface area (Å²) in [4.78, 5) is 4.41. The first kappa shape index (κ1) is 14.5. The average molecular weight is 368 g/mol. The molecule has 0 aliphatic heterocycles. The van der Waals surface area contributed by atoms with E-state index in [1.165, 1.54) is 6.07 Å². The van der Waals surface area contributed by atoms with Gasteiger partial charge in [0.15, 0.2) is 5.82 Å². The highest BCUT2D eigenvalue weighted by Gasteiger charge is 2.13. The molecule has 3 rings (SSSR count). The van der Waals surface area contributed by atoms with Crippen LogP contribution >= 0.6 is 27.5 Å². The first-order chi connectivity index (χ1) is 10.2. The first-order valence-electron chi connectivity index (χ1n) is 6.63. The lowest BCUT2D eigenvalue weighted by Gasteiger charge is -2.09. The molecule has 0 unspecified atom stereocenters. The number of para-hydroxylation sites is 1. The van der Waals surface area contributed by atoms with Gasteiger partial charge in [0.1, 0.15) is 11.3 Å². The van der Waals surface area contributed by atoms with Gasteiger partial charge in [0.05, 0.1) is 5.52 Å². The fourth-order valence-electron chi connectivity index (χ4n) is 2.39. The molecular formula is C16H13BrClFN2. The predicted octanol–water partition coefficient (Wildman–Crippen LogP) is 4.77. The Bertz CT molecular complexity index is 768. The van der Waals surface area contributed by atoms with E-state index >= 15 is 0 Å². The number of alkyl halides is 1. The van der Waals surface area contributed by atoms with Crippen LogP contribution in [-0.2, 0) is 13.0 Å². The molecule has 0 atom stereocenters. The largest absolute Gasteiger partial charge is 0.323 e. The van der Waals surface area contributed by atoms with Crippen LogP contribution in [0.3, 0.4) is 0 Å². The number of imidazole rings is 1. The number of hydrogen-bond acceptors (Lipinski definition) is 1. The quantitative estimate of drug-likeness (QED) is 0.608. The molecule has 0 aliphatic carbocycles. The topological polar surface area (TPSA) is 17.8 Å². The van der Waals surface area contributed by atoms with Crippen LogP contribution in [0.4, 0.5) is 4.39 Å². The lowest BCUT2D eigenvalue weighted by molar-refractivity contribution is 0.637. The number of hydrogen-bond donors (Lipinski definition) is 0. The molecule has 2 nitrogen and oxygen atoms in total. The average Bonchev–Trinajstić information content (AvgIpc) is 2.82. The van der Waals surface area contributed by atoms with E-state index in [1.807, 2.05) is 34.9 Å². The summed E-state index contributed by atoms with van der Waals surface area (Å²) in [5.74, 6) is 0.983. The molecule has 2 aromatic carbocycles. The Labute approximate surface area is 135 Å². The van der Waals surface area contributed by atoms with E-state index in [0.717, 1.165) is 21.4 Å². The summed E-state index contributed by atoms with van der Waals surface area (Å²) in [7, 11) is 0. The molecule has 21 heavy (non-hydrogen) atoms. The van der Waals surface area contributed by atoms with E-state index in [4.69, 9.17) is 11.6 Å². The second-order valence-electron chi connectivity index (χ2n) is 4.79. The molecule has 0 spiro atoms. The molecule has 0 fully saturated rings. The highest BCUT2D eigenvalue weighted by Crippen LogP contribution is 2.22. The second-order valence-corrected chi connectivity index (χ2v) is 6.08. The Morgan fingerprint density at radius 3 is 2.62 bits per heavy atom. The van der Waals surface area contributed by atoms with Crippen molar-refractivity contribution in [3.63, 3.8) is 0 Å². The van der Waals surface area contributed by atoms with Gasteiger partial charge in [-0.15, -0.1) is 11.6 Å². The molecule has 0 saturated heterocycles. The van der Waals surface area contributed by atoms with Gasteiger partial charge in [0, 0.05) is 23.3 Å². The molecule has 0 aliphatic rings. The number of aromatic nitrogens is 2. The predicted molar refractivity (Wildman–Crippen MR) is 87.4 cm³/mol. The molecule has 0 radical (unpaired) electrons. The molecule has 0 amide bonds. The standard InChI is InChI=1S/C16H13BrClFN2/c17-12-6-4-11(5-7-12)10-21-14-3-1-2-13(19)16(14)20-15(21)8-9-18/h1-7H,8-10H2. The van der Waals surface area contributed by atoms with Crippen LogP contribution in [0.15, 0.2) is 46.9 Å². The van der Waals surface area contributed by atoms with Crippen LogP contribution in [0.2, 0.25) is 0 Å². The first-order valence-corrected chi connectivity index (χ1v) is 7.96. The maximum atomic E-state index is 13.9. The Morgan fingerprint density at radius 1 is 1.14 bits per heavy atom. The van der Waals surface area contributed by atoms with E-state index in [1.54, 1.807) is 6.07 Å². The van der Waals surface area contributed by atoms with Crippen LogP contribution in [0.1, 0.15) is 11.4 Å². The van der Waals surface area contributed by atoms with Gasteiger partial charge in [0.2, 0.25) is 0 Å². The number of aryl methyl sites for hydroxylation is 1. The van der Waals surface area contributed by atoms with Gasteiger partial charge >= 0.3 is 0 Å². The van der Waals surface area contributed by atoms with Crippen molar-refractivity contribution >= 4 is 38.6 Å². The molecule has 0 bridgehead atoms. The second kappa shape index (κ2) is 6.16. The van der Waals surface area contributed by atoms with Crippen LogP contribution in [-0.4, -0.2) is 15.4 Å². The third-order valence-corrected chi connectivity index (χ3v) is 4.10. The molecule has 108 valence electrons. The van der Waals surface area contributed by atoms with Crippen molar-refractivity contribution in [1.29, 1.82) is 0 Å². The normalized spacial score (nSPS) is 11.2. The minimum absolute atomic E-state index is 0.294. The molecule has 1 heterocycles. The van der Waals surface area contributed by atoms with Crippen molar-refractivity contribution in [3.8, 4) is 0 Å². The summed E-state index contributed by atoms with van der Waals surface area (Å²) >= 11 is 9.27. The van der Waals surface area contributed by atoms with Gasteiger partial charge < -0.3 is 4.57 Å². The number of rotatable bonds is 4. The van der Waals surface area contributed by atoms with E-state index < -0.39 is 0 Å². The minimum atomic E-state index is -0.294. The zero-order valence-corrected chi connectivity index (χ0v) is 13.5. The van der Waals surface area contributed by atoms with Gasteiger partial charge in [-0.05, 0) is 29.8 Å². The Kier molecular flexibility index (Phi) is 4.27. The fraction of sp³-hybridized carbons (Fsp3) is 0.188. The zero-order chi connectivity index (χ0) is 14.8. The van der Waals surface area contributed by atoms with Crippen molar-refractivity contribution in [2.45, 2.75) is 13.0 Å². The van der Waals surface area contributed by atoms with E-state index in [0.29, 0.717) is 24.4 Å². The van der Waals surface area contributed by atoms with Gasteiger partial charge in [0.25, 0.3) is 0 Å². The molecule has 0 N–H and O–H groups in total. The maximum Gasteiger partial charge on any atom is 0.151 e. The molecular weight excluding hydrogens is 355 g/mol. The van der Waals surface area contributed by atoms with E-state index in [9.17, 15) is 4.39 Å². The van der Waals surface area contributed by atoms with Crippen LogP contribution in [0.5, 0.6) is 0 Å². The third-order valence-electron chi connectivity index (χ3n) is 3.38. The summed E-state index contributed by atoms with van der Waals surface area (Å²) in [6.07, 6.45) is 0.617. The molecule has 1 aromatic heterocycles. The fourth-order valence-corrected chi connectivity index (χ4v) is 2.82. The Morgan fingerprint density at radius 2 is 1.90 bits per heavy atom. The monoisotopic (exact) mass is 366 g/mol. The van der Waals surface area contributed by atoms with E-state index in [-0.39, 0.29) is 5.82 Å². The third kappa shape index (κ3) is 2.97. The van der Waals surface area contributed by atoms with Gasteiger partial charge in [-0.3, -0.25) is 0 Å². The van der Waals surface area contributed by atoms with Crippen molar-refractivity contribution in [1.82, 2.24) is 9.55 Å². The number of fused-ring (bicyclic) bond motifs is 1. The Hall–Kier alpha value is -1.39. The van der Waals surface area contributed by atoms with E-state index in [2.05, 4.69) is 20.9 Å². The zero-order valence-electron chi connectivity index (χ0n) is 11.2. The highest BCUT2D eigenvalue weighted by atomic mass is 79.9. The van der Waals surface area contributed by atoms with Gasteiger partial charge in [-0.2, -0.15) is 0 Å². The van der Waals surface area contributed by atoms with Gasteiger partial charge in [-0.1, -0.05) is 34.1 Å². The lowest BCUT2D eigenvalue weighted by Crippen LogP contribution is -2.05. The van der Waals surface area contributed by atoms with Crippen molar-refractivity contribution in [2.75, 3.05) is 5.88 Å². The minimum Gasteiger partial charge on any atom is -0.323 e.